The summed E-state index contributed by atoms with van der Waals surface area (Å²) in [7, 11) is 2.10. The van der Waals surface area contributed by atoms with Gasteiger partial charge in [-0.15, -0.1) is 0 Å². The summed E-state index contributed by atoms with van der Waals surface area (Å²) in [6.07, 6.45) is 1.14. The van der Waals surface area contributed by atoms with Crippen LogP contribution in [0.4, 0.5) is 4.39 Å². The Kier molecular flexibility index (Phi) is 6.91. The van der Waals surface area contributed by atoms with E-state index < -0.39 is 0 Å². The van der Waals surface area contributed by atoms with E-state index in [9.17, 15) is 4.39 Å². The third-order valence-corrected chi connectivity index (χ3v) is 2.81. The Balaban J connectivity index is 2.13. The fraction of sp³-hybridized carbons (Fsp3) is 0.600. The molecule has 0 aliphatic heterocycles. The number of benzene rings is 1. The van der Waals surface area contributed by atoms with Gasteiger partial charge in [-0.1, -0.05) is 26.0 Å². The molecular formula is C15H25FN2. The van der Waals surface area contributed by atoms with Crippen molar-refractivity contribution in [1.82, 2.24) is 10.2 Å². The molecule has 18 heavy (non-hydrogen) atoms. The molecule has 0 aromatic heterocycles. The van der Waals surface area contributed by atoms with Crippen LogP contribution in [0.2, 0.25) is 0 Å². The fourth-order valence-corrected chi connectivity index (χ4v) is 1.85. The van der Waals surface area contributed by atoms with E-state index in [-0.39, 0.29) is 5.82 Å². The van der Waals surface area contributed by atoms with Gasteiger partial charge in [0.1, 0.15) is 5.82 Å². The molecule has 1 rings (SSSR count). The summed E-state index contributed by atoms with van der Waals surface area (Å²) >= 11 is 0. The van der Waals surface area contributed by atoms with Crippen molar-refractivity contribution in [1.29, 1.82) is 0 Å². The number of nitrogens with one attached hydrogen (secondary N) is 1. The summed E-state index contributed by atoms with van der Waals surface area (Å²) in [5.74, 6) is 0.543. The van der Waals surface area contributed by atoms with Crippen LogP contribution in [0.15, 0.2) is 24.3 Å². The Morgan fingerprint density at radius 1 is 1.22 bits per heavy atom. The van der Waals surface area contributed by atoms with Crippen molar-refractivity contribution in [2.24, 2.45) is 5.92 Å². The van der Waals surface area contributed by atoms with Gasteiger partial charge >= 0.3 is 0 Å². The highest BCUT2D eigenvalue weighted by Crippen LogP contribution is 2.05. The minimum Gasteiger partial charge on any atom is -0.316 e. The standard InChI is InChI=1S/C15H25FN2/c1-13(2)11-17-9-4-10-18(3)12-14-5-7-15(16)8-6-14/h5-8,13,17H,4,9-12H2,1-3H3. The zero-order valence-electron chi connectivity index (χ0n) is 11.7. The Hall–Kier alpha value is -0.930. The van der Waals surface area contributed by atoms with Gasteiger partial charge in [0.2, 0.25) is 0 Å². The van der Waals surface area contributed by atoms with E-state index in [1.807, 2.05) is 12.1 Å². The summed E-state index contributed by atoms with van der Waals surface area (Å²) in [5.41, 5.74) is 1.16. The van der Waals surface area contributed by atoms with Gasteiger partial charge in [-0.2, -0.15) is 0 Å². The molecule has 1 N–H and O–H groups in total. The van der Waals surface area contributed by atoms with E-state index in [2.05, 4.69) is 31.1 Å². The zero-order valence-corrected chi connectivity index (χ0v) is 11.7. The Morgan fingerprint density at radius 3 is 2.50 bits per heavy atom. The van der Waals surface area contributed by atoms with E-state index in [0.29, 0.717) is 5.92 Å². The maximum Gasteiger partial charge on any atom is 0.123 e. The van der Waals surface area contributed by atoms with E-state index >= 15 is 0 Å². The lowest BCUT2D eigenvalue weighted by atomic mass is 10.2. The SMILES string of the molecule is CC(C)CNCCCN(C)Cc1ccc(F)cc1. The molecule has 3 heteroatoms. The van der Waals surface area contributed by atoms with Gasteiger partial charge in [-0.05, 0) is 56.7 Å². The van der Waals surface area contributed by atoms with Crippen LogP contribution >= 0.6 is 0 Å². The lowest BCUT2D eigenvalue weighted by molar-refractivity contribution is 0.318. The molecule has 0 saturated carbocycles. The van der Waals surface area contributed by atoms with Crippen molar-refractivity contribution in [2.75, 3.05) is 26.7 Å². The first-order valence-electron chi connectivity index (χ1n) is 6.71. The van der Waals surface area contributed by atoms with Gasteiger partial charge in [0.05, 0.1) is 0 Å². The summed E-state index contributed by atoms with van der Waals surface area (Å²) in [6.45, 7) is 8.52. The maximum atomic E-state index is 12.8. The monoisotopic (exact) mass is 252 g/mol. The molecule has 0 atom stereocenters. The van der Waals surface area contributed by atoms with Crippen molar-refractivity contribution in [2.45, 2.75) is 26.8 Å². The van der Waals surface area contributed by atoms with Crippen molar-refractivity contribution < 1.29 is 4.39 Å². The van der Waals surface area contributed by atoms with Gasteiger partial charge in [-0.3, -0.25) is 0 Å². The van der Waals surface area contributed by atoms with Gasteiger partial charge in [0, 0.05) is 6.54 Å². The molecule has 0 fully saturated rings. The van der Waals surface area contributed by atoms with E-state index in [1.54, 1.807) is 0 Å². The highest BCUT2D eigenvalue weighted by atomic mass is 19.1. The second-order valence-corrected chi connectivity index (χ2v) is 5.32. The molecule has 0 unspecified atom stereocenters. The topological polar surface area (TPSA) is 15.3 Å². The second-order valence-electron chi connectivity index (χ2n) is 5.32. The Bertz CT molecular complexity index is 322. The van der Waals surface area contributed by atoms with Crippen molar-refractivity contribution in [3.05, 3.63) is 35.6 Å². The lowest BCUT2D eigenvalue weighted by Gasteiger charge is -2.17. The number of hydrogen-bond acceptors (Lipinski definition) is 2. The summed E-state index contributed by atoms with van der Waals surface area (Å²) < 4.78 is 12.8. The smallest absolute Gasteiger partial charge is 0.123 e. The average Bonchev–Trinajstić information content (AvgIpc) is 2.31. The predicted octanol–water partition coefficient (Wildman–Crippen LogP) is 2.89. The predicted molar refractivity (Wildman–Crippen MR) is 75.1 cm³/mol. The third kappa shape index (κ3) is 6.72. The van der Waals surface area contributed by atoms with Crippen LogP contribution in [0.25, 0.3) is 0 Å². The molecule has 0 radical (unpaired) electrons. The van der Waals surface area contributed by atoms with Crippen LogP contribution in [0.3, 0.4) is 0 Å². The first-order valence-corrected chi connectivity index (χ1v) is 6.71. The molecule has 0 aliphatic carbocycles. The first kappa shape index (κ1) is 15.1. The number of rotatable bonds is 8. The quantitative estimate of drug-likeness (QED) is 0.716. The molecule has 1 aromatic rings. The van der Waals surface area contributed by atoms with E-state index in [0.717, 1.165) is 38.2 Å². The molecule has 0 bridgehead atoms. The fourth-order valence-electron chi connectivity index (χ4n) is 1.85. The van der Waals surface area contributed by atoms with Crippen LogP contribution in [0, 0.1) is 11.7 Å². The second kappa shape index (κ2) is 8.22. The van der Waals surface area contributed by atoms with Gasteiger partial charge in [0.25, 0.3) is 0 Å². The highest BCUT2D eigenvalue weighted by Gasteiger charge is 2.00. The molecule has 1 aromatic carbocycles. The summed E-state index contributed by atoms with van der Waals surface area (Å²) in [4.78, 5) is 2.27. The van der Waals surface area contributed by atoms with Crippen molar-refractivity contribution in [3.8, 4) is 0 Å². The molecular weight excluding hydrogens is 227 g/mol. The summed E-state index contributed by atoms with van der Waals surface area (Å²) in [5, 5.41) is 3.44. The average molecular weight is 252 g/mol. The van der Waals surface area contributed by atoms with Crippen LogP contribution in [-0.4, -0.2) is 31.6 Å². The van der Waals surface area contributed by atoms with Crippen LogP contribution in [-0.2, 0) is 6.54 Å². The zero-order chi connectivity index (χ0) is 13.4. The van der Waals surface area contributed by atoms with Gasteiger partial charge in [0.15, 0.2) is 0 Å². The van der Waals surface area contributed by atoms with Crippen molar-refractivity contribution in [3.63, 3.8) is 0 Å². The number of hydrogen-bond donors (Lipinski definition) is 1. The Labute approximate surface area is 110 Å². The molecule has 0 spiro atoms. The molecule has 102 valence electrons. The molecule has 0 heterocycles. The third-order valence-electron chi connectivity index (χ3n) is 2.81. The minimum absolute atomic E-state index is 0.167. The van der Waals surface area contributed by atoms with Crippen LogP contribution in [0.5, 0.6) is 0 Å². The molecule has 2 nitrogen and oxygen atoms in total. The van der Waals surface area contributed by atoms with Crippen LogP contribution in [0.1, 0.15) is 25.8 Å². The summed E-state index contributed by atoms with van der Waals surface area (Å²) in [6, 6.07) is 6.74. The largest absolute Gasteiger partial charge is 0.316 e. The van der Waals surface area contributed by atoms with Crippen molar-refractivity contribution >= 4 is 0 Å². The molecule has 0 aliphatic rings. The van der Waals surface area contributed by atoms with Crippen LogP contribution < -0.4 is 5.32 Å². The number of nitrogens with zero attached hydrogens (tertiary/aromatic N) is 1. The van der Waals surface area contributed by atoms with E-state index in [4.69, 9.17) is 0 Å². The molecule has 0 saturated heterocycles. The van der Waals surface area contributed by atoms with Gasteiger partial charge in [-0.25, -0.2) is 4.39 Å². The first-order chi connectivity index (χ1) is 8.58. The highest BCUT2D eigenvalue weighted by molar-refractivity contribution is 5.15. The molecule has 0 amide bonds. The lowest BCUT2D eigenvalue weighted by Crippen LogP contribution is -2.26. The maximum absolute atomic E-state index is 12.8. The number of halogens is 1. The van der Waals surface area contributed by atoms with E-state index in [1.165, 1.54) is 12.1 Å². The minimum atomic E-state index is -0.167. The Morgan fingerprint density at radius 2 is 1.89 bits per heavy atom. The normalized spacial score (nSPS) is 11.4. The van der Waals surface area contributed by atoms with Gasteiger partial charge < -0.3 is 10.2 Å².